The molecule has 2 atom stereocenters. The van der Waals surface area contributed by atoms with E-state index in [9.17, 15) is 13.2 Å². The van der Waals surface area contributed by atoms with E-state index >= 15 is 0 Å². The number of methoxy groups -OCH3 is 1. The summed E-state index contributed by atoms with van der Waals surface area (Å²) in [5.41, 5.74) is -0.432. The molecule has 0 aromatic carbocycles. The molecule has 21 heavy (non-hydrogen) atoms. The fourth-order valence-corrected chi connectivity index (χ4v) is 4.98. The highest BCUT2D eigenvalue weighted by Crippen LogP contribution is 2.30. The molecule has 0 aromatic rings. The first-order valence-electron chi connectivity index (χ1n) is 7.59. The van der Waals surface area contributed by atoms with Gasteiger partial charge in [0.05, 0.1) is 23.5 Å². The minimum Gasteiger partial charge on any atom is -0.383 e. The lowest BCUT2D eigenvalue weighted by Gasteiger charge is -2.39. The molecule has 0 saturated carbocycles. The summed E-state index contributed by atoms with van der Waals surface area (Å²) in [6.07, 6.45) is 2.37. The van der Waals surface area contributed by atoms with E-state index in [1.54, 1.807) is 12.0 Å². The molecule has 6 nitrogen and oxygen atoms in total. The lowest BCUT2D eigenvalue weighted by molar-refractivity contribution is -0.145. The quantitative estimate of drug-likeness (QED) is 0.774. The number of ether oxygens (including phenoxy) is 1. The third kappa shape index (κ3) is 3.96. The maximum atomic E-state index is 13.0. The monoisotopic (exact) mass is 318 g/mol. The van der Waals surface area contributed by atoms with Crippen LogP contribution in [-0.4, -0.2) is 70.1 Å². The van der Waals surface area contributed by atoms with Gasteiger partial charge in [0.1, 0.15) is 0 Å². The predicted octanol–water partition coefficient (Wildman–Crippen LogP) is 0.0382. The van der Waals surface area contributed by atoms with E-state index in [1.165, 1.54) is 0 Å². The summed E-state index contributed by atoms with van der Waals surface area (Å²) in [5, 5.41) is 3.28. The highest BCUT2D eigenvalue weighted by atomic mass is 32.2. The van der Waals surface area contributed by atoms with Crippen LogP contribution >= 0.6 is 0 Å². The number of amides is 1. The van der Waals surface area contributed by atoms with Crippen LogP contribution in [0.4, 0.5) is 0 Å². The maximum absolute atomic E-state index is 13.0. The van der Waals surface area contributed by atoms with Gasteiger partial charge in [-0.05, 0) is 32.7 Å². The third-order valence-electron chi connectivity index (χ3n) is 4.56. The van der Waals surface area contributed by atoms with E-state index in [4.69, 9.17) is 4.74 Å². The van der Waals surface area contributed by atoms with Crippen molar-refractivity contribution in [3.8, 4) is 0 Å². The number of hydrogen-bond donors (Lipinski definition) is 1. The van der Waals surface area contributed by atoms with Crippen molar-refractivity contribution in [3.63, 3.8) is 0 Å². The van der Waals surface area contributed by atoms with Gasteiger partial charge in [-0.1, -0.05) is 0 Å². The number of carbonyl (C=O) groups is 1. The van der Waals surface area contributed by atoms with Crippen LogP contribution in [0.1, 0.15) is 26.2 Å². The van der Waals surface area contributed by atoms with Crippen LogP contribution in [0.2, 0.25) is 0 Å². The highest BCUT2D eigenvalue weighted by molar-refractivity contribution is 7.91. The van der Waals surface area contributed by atoms with Crippen molar-refractivity contribution >= 4 is 15.7 Å². The standard InChI is InChI=1S/C14H26N2O4S/c1-14(5-3-6-15-11-14)13(17)16(7-8-20-2)12-4-9-21(18,19)10-12/h12,15H,3-11H2,1-2H3. The normalized spacial score (nSPS) is 32.0. The van der Waals surface area contributed by atoms with Crippen molar-refractivity contribution in [2.45, 2.75) is 32.2 Å². The number of sulfone groups is 1. The van der Waals surface area contributed by atoms with Crippen LogP contribution in [0, 0.1) is 5.41 Å². The number of carbonyl (C=O) groups excluding carboxylic acids is 1. The van der Waals surface area contributed by atoms with E-state index < -0.39 is 15.3 Å². The Morgan fingerprint density at radius 2 is 2.24 bits per heavy atom. The summed E-state index contributed by atoms with van der Waals surface area (Å²) >= 11 is 0. The van der Waals surface area contributed by atoms with Gasteiger partial charge in [-0.15, -0.1) is 0 Å². The average Bonchev–Trinajstić information content (AvgIpc) is 2.80. The second-order valence-electron chi connectivity index (χ2n) is 6.39. The molecule has 2 saturated heterocycles. The van der Waals surface area contributed by atoms with Gasteiger partial charge in [-0.3, -0.25) is 4.79 Å². The topological polar surface area (TPSA) is 75.7 Å². The fourth-order valence-electron chi connectivity index (χ4n) is 3.25. The van der Waals surface area contributed by atoms with Crippen LogP contribution in [0.5, 0.6) is 0 Å². The molecule has 2 heterocycles. The van der Waals surface area contributed by atoms with Gasteiger partial charge in [0, 0.05) is 26.2 Å². The van der Waals surface area contributed by atoms with Crippen molar-refractivity contribution in [2.75, 3.05) is 44.9 Å². The van der Waals surface area contributed by atoms with Gasteiger partial charge < -0.3 is 15.0 Å². The largest absolute Gasteiger partial charge is 0.383 e. The van der Waals surface area contributed by atoms with E-state index in [0.717, 1.165) is 19.4 Å². The number of piperidine rings is 1. The molecule has 0 bridgehead atoms. The molecule has 0 radical (unpaired) electrons. The molecule has 2 aliphatic heterocycles. The van der Waals surface area contributed by atoms with Gasteiger partial charge in [0.15, 0.2) is 9.84 Å². The third-order valence-corrected chi connectivity index (χ3v) is 6.31. The Morgan fingerprint density at radius 1 is 1.48 bits per heavy atom. The highest BCUT2D eigenvalue weighted by Gasteiger charge is 2.42. The molecular formula is C14H26N2O4S. The number of nitrogens with zero attached hydrogens (tertiary/aromatic N) is 1. The molecule has 0 aliphatic carbocycles. The lowest BCUT2D eigenvalue weighted by Crippen LogP contribution is -2.54. The Hall–Kier alpha value is -0.660. The lowest BCUT2D eigenvalue weighted by atomic mass is 9.81. The molecule has 1 N–H and O–H groups in total. The summed E-state index contributed by atoms with van der Waals surface area (Å²) in [7, 11) is -1.40. The van der Waals surface area contributed by atoms with Crippen LogP contribution < -0.4 is 5.32 Å². The second kappa shape index (κ2) is 6.62. The second-order valence-corrected chi connectivity index (χ2v) is 8.62. The molecule has 122 valence electrons. The first kappa shape index (κ1) is 16.7. The number of rotatable bonds is 5. The summed E-state index contributed by atoms with van der Waals surface area (Å²) in [6.45, 7) is 4.48. The van der Waals surface area contributed by atoms with E-state index in [-0.39, 0.29) is 23.5 Å². The fraction of sp³-hybridized carbons (Fsp3) is 0.929. The summed E-state index contributed by atoms with van der Waals surface area (Å²) in [4.78, 5) is 14.7. The van der Waals surface area contributed by atoms with E-state index in [0.29, 0.717) is 26.1 Å². The molecule has 2 aliphatic rings. The number of hydrogen-bond acceptors (Lipinski definition) is 5. The Morgan fingerprint density at radius 3 is 2.76 bits per heavy atom. The number of nitrogens with one attached hydrogen (secondary N) is 1. The zero-order valence-electron chi connectivity index (χ0n) is 12.9. The predicted molar refractivity (Wildman–Crippen MR) is 80.9 cm³/mol. The van der Waals surface area contributed by atoms with Gasteiger partial charge in [0.2, 0.25) is 5.91 Å². The molecule has 2 fully saturated rings. The Labute approximate surface area is 127 Å². The Bertz CT molecular complexity index is 471. The molecule has 2 unspecified atom stereocenters. The van der Waals surface area contributed by atoms with Crippen LogP contribution in [0.15, 0.2) is 0 Å². The molecule has 0 spiro atoms. The first-order valence-corrected chi connectivity index (χ1v) is 9.41. The van der Waals surface area contributed by atoms with Crippen LogP contribution in [0.25, 0.3) is 0 Å². The molecule has 1 amide bonds. The zero-order valence-corrected chi connectivity index (χ0v) is 13.7. The van der Waals surface area contributed by atoms with Gasteiger partial charge in [-0.25, -0.2) is 8.42 Å². The van der Waals surface area contributed by atoms with E-state index in [1.807, 2.05) is 6.92 Å². The average molecular weight is 318 g/mol. The van der Waals surface area contributed by atoms with Crippen LogP contribution in [-0.2, 0) is 19.4 Å². The molecular weight excluding hydrogens is 292 g/mol. The smallest absolute Gasteiger partial charge is 0.230 e. The molecule has 7 heteroatoms. The van der Waals surface area contributed by atoms with Gasteiger partial charge in [0.25, 0.3) is 0 Å². The van der Waals surface area contributed by atoms with Gasteiger partial charge in [-0.2, -0.15) is 0 Å². The van der Waals surface area contributed by atoms with Crippen molar-refractivity contribution in [2.24, 2.45) is 5.41 Å². The first-order chi connectivity index (χ1) is 9.88. The minimum atomic E-state index is -3.00. The Balaban J connectivity index is 2.13. The Kier molecular flexibility index (Phi) is 5.27. The maximum Gasteiger partial charge on any atom is 0.230 e. The van der Waals surface area contributed by atoms with Crippen molar-refractivity contribution in [1.82, 2.24) is 10.2 Å². The van der Waals surface area contributed by atoms with Gasteiger partial charge >= 0.3 is 0 Å². The summed E-state index contributed by atoms with van der Waals surface area (Å²) < 4.78 is 28.5. The summed E-state index contributed by atoms with van der Waals surface area (Å²) in [6, 6.07) is -0.198. The van der Waals surface area contributed by atoms with Crippen LogP contribution in [0.3, 0.4) is 0 Å². The SMILES string of the molecule is COCCN(C(=O)C1(C)CCCNC1)C1CCS(=O)(=O)C1. The minimum absolute atomic E-state index is 0.0638. The zero-order chi connectivity index (χ0) is 15.5. The molecule has 0 aromatic heterocycles. The molecule has 2 rings (SSSR count). The summed E-state index contributed by atoms with van der Waals surface area (Å²) in [5.74, 6) is 0.337. The van der Waals surface area contributed by atoms with E-state index in [2.05, 4.69) is 5.32 Å². The van der Waals surface area contributed by atoms with Crippen molar-refractivity contribution in [3.05, 3.63) is 0 Å². The van der Waals surface area contributed by atoms with Crippen molar-refractivity contribution < 1.29 is 17.9 Å². The van der Waals surface area contributed by atoms with Crippen molar-refractivity contribution in [1.29, 1.82) is 0 Å².